The van der Waals surface area contributed by atoms with Gasteiger partial charge in [-0.3, -0.25) is 20.0 Å². The molecule has 0 radical (unpaired) electrons. The Labute approximate surface area is 118 Å². The first-order valence-electron chi connectivity index (χ1n) is 6.17. The number of anilines is 1. The maximum absolute atomic E-state index is 13.0. The van der Waals surface area contributed by atoms with Crippen molar-refractivity contribution in [3.8, 4) is 0 Å². The molecule has 2 rings (SSSR count). The molecule has 8 nitrogen and oxygen atoms in total. The average Bonchev–Trinajstić information content (AvgIpc) is 2.89. The van der Waals surface area contributed by atoms with Crippen molar-refractivity contribution < 1.29 is 14.1 Å². The maximum atomic E-state index is 13.0. The first kappa shape index (κ1) is 14.6. The van der Waals surface area contributed by atoms with E-state index in [0.717, 1.165) is 24.6 Å². The van der Waals surface area contributed by atoms with Gasteiger partial charge < -0.3 is 5.32 Å². The minimum Gasteiger partial charge on any atom is -0.313 e. The van der Waals surface area contributed by atoms with Crippen molar-refractivity contribution in [2.75, 3.05) is 5.32 Å². The summed E-state index contributed by atoms with van der Waals surface area (Å²) in [4.78, 5) is 25.9. The lowest BCUT2D eigenvalue weighted by atomic mass is 10.2. The Bertz CT molecular complexity index is 685. The number of nitrogens with one attached hydrogen (secondary N) is 2. The fraction of sp³-hybridized carbons (Fsp3) is 0.250. The van der Waals surface area contributed by atoms with Gasteiger partial charge in [0.05, 0.1) is 11.0 Å². The van der Waals surface area contributed by atoms with E-state index >= 15 is 0 Å². The van der Waals surface area contributed by atoms with Crippen LogP contribution in [0.4, 0.5) is 15.8 Å². The van der Waals surface area contributed by atoms with E-state index < -0.39 is 22.3 Å². The van der Waals surface area contributed by atoms with Gasteiger partial charge in [0.15, 0.2) is 0 Å². The van der Waals surface area contributed by atoms with Gasteiger partial charge in [0.25, 0.3) is 11.6 Å². The van der Waals surface area contributed by atoms with Crippen LogP contribution in [0.1, 0.15) is 29.8 Å². The number of aromatic amines is 1. The topological polar surface area (TPSA) is 114 Å². The molecule has 0 saturated heterocycles. The van der Waals surface area contributed by atoms with Gasteiger partial charge in [0.2, 0.25) is 5.82 Å². The SMILES string of the molecule is CCCc1nc(C(=O)Nc2ccc(F)cc2[N+](=O)[O-])n[nH]1. The van der Waals surface area contributed by atoms with E-state index in [9.17, 15) is 19.3 Å². The minimum atomic E-state index is -0.779. The third-order valence-electron chi connectivity index (χ3n) is 2.63. The second-order valence-electron chi connectivity index (χ2n) is 4.23. The highest BCUT2D eigenvalue weighted by atomic mass is 19.1. The summed E-state index contributed by atoms with van der Waals surface area (Å²) in [5.41, 5.74) is -0.652. The molecule has 0 bridgehead atoms. The highest BCUT2D eigenvalue weighted by Gasteiger charge is 2.19. The Balaban J connectivity index is 2.20. The quantitative estimate of drug-likeness (QED) is 0.647. The van der Waals surface area contributed by atoms with E-state index in [2.05, 4.69) is 20.5 Å². The number of nitro groups is 1. The molecule has 1 heterocycles. The number of amides is 1. The lowest BCUT2D eigenvalue weighted by Crippen LogP contribution is -2.15. The fourth-order valence-electron chi connectivity index (χ4n) is 1.69. The third-order valence-corrected chi connectivity index (χ3v) is 2.63. The van der Waals surface area contributed by atoms with Crippen molar-refractivity contribution in [1.82, 2.24) is 15.2 Å². The van der Waals surface area contributed by atoms with Gasteiger partial charge in [-0.05, 0) is 18.6 Å². The molecule has 2 N–H and O–H groups in total. The molecule has 0 aliphatic heterocycles. The molecule has 1 aromatic heterocycles. The number of hydrogen-bond donors (Lipinski definition) is 2. The van der Waals surface area contributed by atoms with E-state index in [-0.39, 0.29) is 11.5 Å². The summed E-state index contributed by atoms with van der Waals surface area (Å²) >= 11 is 0. The summed E-state index contributed by atoms with van der Waals surface area (Å²) in [6.45, 7) is 1.95. The number of nitrogens with zero attached hydrogens (tertiary/aromatic N) is 3. The van der Waals surface area contributed by atoms with Crippen LogP contribution in [0.2, 0.25) is 0 Å². The molecular weight excluding hydrogens is 281 g/mol. The van der Waals surface area contributed by atoms with Crippen LogP contribution in [0, 0.1) is 15.9 Å². The van der Waals surface area contributed by atoms with Gasteiger partial charge in [-0.2, -0.15) is 0 Å². The predicted molar refractivity (Wildman–Crippen MR) is 71.4 cm³/mol. The number of aromatic nitrogens is 3. The van der Waals surface area contributed by atoms with Crippen LogP contribution in [0.5, 0.6) is 0 Å². The van der Waals surface area contributed by atoms with Gasteiger partial charge in [-0.25, -0.2) is 9.37 Å². The van der Waals surface area contributed by atoms with Crippen molar-refractivity contribution in [2.45, 2.75) is 19.8 Å². The molecule has 0 aliphatic carbocycles. The van der Waals surface area contributed by atoms with Gasteiger partial charge in [0, 0.05) is 6.42 Å². The van der Waals surface area contributed by atoms with Crippen molar-refractivity contribution >= 4 is 17.3 Å². The molecular formula is C12H12FN5O3. The summed E-state index contributed by atoms with van der Waals surface area (Å²) in [6.07, 6.45) is 1.47. The first-order chi connectivity index (χ1) is 10.0. The molecule has 9 heteroatoms. The van der Waals surface area contributed by atoms with E-state index in [1.807, 2.05) is 6.92 Å². The standard InChI is InChI=1S/C12H12FN5O3/c1-2-3-10-15-11(17-16-10)12(19)14-8-5-4-7(13)6-9(8)18(20)21/h4-6H,2-3H2,1H3,(H,14,19)(H,15,16,17). The highest BCUT2D eigenvalue weighted by molar-refractivity contribution is 6.02. The number of halogens is 1. The predicted octanol–water partition coefficient (Wildman–Crippen LogP) is 2.06. The Kier molecular flexibility index (Phi) is 4.21. The number of carbonyl (C=O) groups is 1. The monoisotopic (exact) mass is 293 g/mol. The Hall–Kier alpha value is -2.84. The Morgan fingerprint density at radius 1 is 1.52 bits per heavy atom. The van der Waals surface area contributed by atoms with Crippen LogP contribution in [0.25, 0.3) is 0 Å². The molecule has 110 valence electrons. The number of nitro benzene ring substituents is 1. The number of benzene rings is 1. The largest absolute Gasteiger partial charge is 0.313 e. The molecule has 0 saturated carbocycles. The zero-order valence-corrected chi connectivity index (χ0v) is 11.1. The molecule has 0 fully saturated rings. The lowest BCUT2D eigenvalue weighted by molar-refractivity contribution is -0.384. The van der Waals surface area contributed by atoms with E-state index in [1.165, 1.54) is 0 Å². The molecule has 0 spiro atoms. The second kappa shape index (κ2) is 6.07. The van der Waals surface area contributed by atoms with Crippen LogP contribution >= 0.6 is 0 Å². The highest BCUT2D eigenvalue weighted by Crippen LogP contribution is 2.25. The van der Waals surface area contributed by atoms with E-state index in [1.54, 1.807) is 0 Å². The van der Waals surface area contributed by atoms with Crippen molar-refractivity contribution in [3.05, 3.63) is 45.8 Å². The van der Waals surface area contributed by atoms with Crippen LogP contribution in [-0.2, 0) is 6.42 Å². The number of hydrogen-bond acceptors (Lipinski definition) is 5. The van der Waals surface area contributed by atoms with Crippen molar-refractivity contribution in [1.29, 1.82) is 0 Å². The zero-order chi connectivity index (χ0) is 15.4. The van der Waals surface area contributed by atoms with Crippen LogP contribution in [0.3, 0.4) is 0 Å². The summed E-state index contributed by atoms with van der Waals surface area (Å²) in [7, 11) is 0. The van der Waals surface area contributed by atoms with Crippen molar-refractivity contribution in [2.24, 2.45) is 0 Å². The van der Waals surface area contributed by atoms with Gasteiger partial charge in [0.1, 0.15) is 17.3 Å². The molecule has 0 unspecified atom stereocenters. The minimum absolute atomic E-state index is 0.117. The normalized spacial score (nSPS) is 10.4. The summed E-state index contributed by atoms with van der Waals surface area (Å²) < 4.78 is 13.0. The second-order valence-corrected chi connectivity index (χ2v) is 4.23. The molecule has 0 aliphatic rings. The molecule has 1 aromatic carbocycles. The van der Waals surface area contributed by atoms with Crippen LogP contribution in [0.15, 0.2) is 18.2 Å². The number of carbonyl (C=O) groups excluding carboxylic acids is 1. The Morgan fingerprint density at radius 2 is 2.29 bits per heavy atom. The summed E-state index contributed by atoms with van der Waals surface area (Å²) in [6, 6.07) is 2.87. The molecule has 2 aromatic rings. The maximum Gasteiger partial charge on any atom is 0.295 e. The van der Waals surface area contributed by atoms with Gasteiger partial charge >= 0.3 is 0 Å². The fourth-order valence-corrected chi connectivity index (χ4v) is 1.69. The van der Waals surface area contributed by atoms with E-state index in [0.29, 0.717) is 12.2 Å². The number of rotatable bonds is 5. The smallest absolute Gasteiger partial charge is 0.295 e. The van der Waals surface area contributed by atoms with Crippen molar-refractivity contribution in [3.63, 3.8) is 0 Å². The first-order valence-corrected chi connectivity index (χ1v) is 6.17. The lowest BCUT2D eigenvalue weighted by Gasteiger charge is -2.03. The third kappa shape index (κ3) is 3.38. The molecule has 21 heavy (non-hydrogen) atoms. The van der Waals surface area contributed by atoms with Crippen LogP contribution < -0.4 is 5.32 Å². The van der Waals surface area contributed by atoms with Crippen LogP contribution in [-0.4, -0.2) is 26.0 Å². The Morgan fingerprint density at radius 3 is 2.95 bits per heavy atom. The number of aryl methyl sites for hydroxylation is 1. The number of H-pyrrole nitrogens is 1. The summed E-state index contributed by atoms with van der Waals surface area (Å²) in [5, 5.41) is 19.5. The zero-order valence-electron chi connectivity index (χ0n) is 11.1. The molecule has 0 atom stereocenters. The average molecular weight is 293 g/mol. The van der Waals surface area contributed by atoms with Gasteiger partial charge in [-0.1, -0.05) is 6.92 Å². The molecule has 1 amide bonds. The van der Waals surface area contributed by atoms with Gasteiger partial charge in [-0.15, -0.1) is 5.10 Å². The summed E-state index contributed by atoms with van der Waals surface area (Å²) in [5.74, 6) is -1.04. The van der Waals surface area contributed by atoms with E-state index in [4.69, 9.17) is 0 Å².